The Bertz CT molecular complexity index is 654. The number of thiophene rings is 1. The van der Waals surface area contributed by atoms with Crippen molar-refractivity contribution in [2.24, 2.45) is 0 Å². The zero-order valence-electron chi connectivity index (χ0n) is 13.7. The molecule has 0 spiro atoms. The van der Waals surface area contributed by atoms with Gasteiger partial charge in [-0.15, -0.1) is 11.3 Å². The third kappa shape index (κ3) is 5.05. The maximum Gasteiger partial charge on any atom is 0.275 e. The van der Waals surface area contributed by atoms with Crippen LogP contribution >= 0.6 is 22.9 Å². The van der Waals surface area contributed by atoms with Gasteiger partial charge in [0.15, 0.2) is 6.54 Å². The second-order valence-electron chi connectivity index (χ2n) is 6.30. The van der Waals surface area contributed by atoms with E-state index in [0.29, 0.717) is 18.1 Å². The number of benzene rings is 1. The lowest BCUT2D eigenvalue weighted by Gasteiger charge is -2.29. The maximum absolute atomic E-state index is 12.2. The van der Waals surface area contributed by atoms with Crippen LogP contribution in [-0.2, 0) is 17.9 Å². The first-order chi connectivity index (χ1) is 11.7. The number of hydrogen-bond donors (Lipinski definition) is 3. The lowest BCUT2D eigenvalue weighted by molar-refractivity contribution is -1.01. The maximum atomic E-state index is 12.2. The lowest BCUT2D eigenvalue weighted by Crippen LogP contribution is -3.28. The van der Waals surface area contributed by atoms with Gasteiger partial charge in [-0.2, -0.15) is 0 Å². The molecule has 24 heavy (non-hydrogen) atoms. The van der Waals surface area contributed by atoms with E-state index in [1.54, 1.807) is 4.90 Å². The summed E-state index contributed by atoms with van der Waals surface area (Å²) >= 11 is 7.95. The van der Waals surface area contributed by atoms with Gasteiger partial charge in [-0.05, 0) is 23.1 Å². The molecule has 0 atom stereocenters. The molecule has 1 saturated heterocycles. The zero-order valence-corrected chi connectivity index (χ0v) is 15.3. The fourth-order valence-corrected chi connectivity index (χ4v) is 4.07. The fraction of sp³-hybridized carbons (Fsp3) is 0.389. The van der Waals surface area contributed by atoms with E-state index >= 15 is 0 Å². The fourth-order valence-electron chi connectivity index (χ4n) is 3.10. The molecule has 1 aromatic heterocycles. The summed E-state index contributed by atoms with van der Waals surface area (Å²) in [6.07, 6.45) is 0. The van der Waals surface area contributed by atoms with Gasteiger partial charge in [0.05, 0.1) is 4.88 Å². The van der Waals surface area contributed by atoms with Crippen molar-refractivity contribution < 1.29 is 14.6 Å². The van der Waals surface area contributed by atoms with E-state index in [4.69, 9.17) is 11.6 Å². The third-order valence-corrected chi connectivity index (χ3v) is 5.76. The van der Waals surface area contributed by atoms with Crippen LogP contribution in [0.5, 0.6) is 0 Å². The highest BCUT2D eigenvalue weighted by Gasteiger charge is 2.24. The summed E-state index contributed by atoms with van der Waals surface area (Å²) in [7, 11) is 0. The molecule has 3 rings (SSSR count). The largest absolute Gasteiger partial charge is 0.347 e. The standard InChI is InChI=1S/C18H22ClN3OS/c19-17-6-2-1-4-15(17)12-20-18(23)14-22-9-7-21(8-10-22)13-16-5-3-11-24-16/h1-6,11H,7-10,12-14H2,(H,20,23)/p+2. The molecule has 128 valence electrons. The molecule has 6 heteroatoms. The Morgan fingerprint density at radius 3 is 2.54 bits per heavy atom. The number of carbonyl (C=O) groups is 1. The summed E-state index contributed by atoms with van der Waals surface area (Å²) < 4.78 is 0. The number of piperazine rings is 1. The first-order valence-electron chi connectivity index (χ1n) is 8.40. The first-order valence-corrected chi connectivity index (χ1v) is 9.66. The molecule has 3 N–H and O–H groups in total. The summed E-state index contributed by atoms with van der Waals surface area (Å²) in [6.45, 7) is 6.54. The minimum Gasteiger partial charge on any atom is -0.347 e. The van der Waals surface area contributed by atoms with E-state index in [2.05, 4.69) is 22.8 Å². The number of hydrogen-bond acceptors (Lipinski definition) is 2. The molecule has 0 bridgehead atoms. The van der Waals surface area contributed by atoms with E-state index in [1.165, 1.54) is 9.78 Å². The zero-order chi connectivity index (χ0) is 16.8. The van der Waals surface area contributed by atoms with E-state index in [0.717, 1.165) is 38.3 Å². The van der Waals surface area contributed by atoms with Gasteiger partial charge in [0.1, 0.15) is 32.7 Å². The molecule has 0 aliphatic carbocycles. The molecule has 1 amide bonds. The summed E-state index contributed by atoms with van der Waals surface area (Å²) in [5, 5.41) is 5.83. The molecule has 0 saturated carbocycles. The second kappa shape index (κ2) is 8.62. The number of quaternary nitrogens is 2. The van der Waals surface area contributed by atoms with Crippen LogP contribution < -0.4 is 15.1 Å². The molecule has 4 nitrogen and oxygen atoms in total. The van der Waals surface area contributed by atoms with Crippen LogP contribution in [0.3, 0.4) is 0 Å². The van der Waals surface area contributed by atoms with Gasteiger partial charge in [0.2, 0.25) is 0 Å². The average molecular weight is 366 g/mol. The second-order valence-corrected chi connectivity index (χ2v) is 7.74. The highest BCUT2D eigenvalue weighted by molar-refractivity contribution is 7.09. The van der Waals surface area contributed by atoms with Gasteiger partial charge < -0.3 is 15.1 Å². The molecule has 2 aromatic rings. The lowest BCUT2D eigenvalue weighted by atomic mass is 10.2. The minimum absolute atomic E-state index is 0.103. The van der Waals surface area contributed by atoms with Crippen molar-refractivity contribution in [3.8, 4) is 0 Å². The van der Waals surface area contributed by atoms with Crippen LogP contribution in [0.15, 0.2) is 41.8 Å². The normalized spacial score (nSPS) is 20.7. The van der Waals surface area contributed by atoms with Gasteiger partial charge in [-0.3, -0.25) is 4.79 Å². The number of amides is 1. The van der Waals surface area contributed by atoms with Crippen molar-refractivity contribution in [1.82, 2.24) is 5.32 Å². The van der Waals surface area contributed by atoms with E-state index in [-0.39, 0.29) is 5.91 Å². The Labute approximate surface area is 152 Å². The minimum atomic E-state index is 0.103. The number of nitrogens with one attached hydrogen (secondary N) is 3. The molecule has 0 unspecified atom stereocenters. The Kier molecular flexibility index (Phi) is 6.26. The van der Waals surface area contributed by atoms with Crippen LogP contribution in [0.1, 0.15) is 10.4 Å². The van der Waals surface area contributed by atoms with E-state index < -0.39 is 0 Å². The predicted octanol–water partition coefficient (Wildman–Crippen LogP) is 0.00130. The predicted molar refractivity (Wildman–Crippen MR) is 97.6 cm³/mol. The Morgan fingerprint density at radius 2 is 1.83 bits per heavy atom. The van der Waals surface area contributed by atoms with Crippen molar-refractivity contribution in [3.63, 3.8) is 0 Å². The molecule has 1 aliphatic rings. The van der Waals surface area contributed by atoms with Crippen LogP contribution in [0.4, 0.5) is 0 Å². The number of rotatable bonds is 6. The molecular formula is C18H24ClN3OS+2. The summed E-state index contributed by atoms with van der Waals surface area (Å²) in [4.78, 5) is 16.6. The van der Waals surface area contributed by atoms with E-state index in [9.17, 15) is 4.79 Å². The Balaban J connectivity index is 1.38. The molecule has 1 aliphatic heterocycles. The average Bonchev–Trinajstić information content (AvgIpc) is 3.09. The van der Waals surface area contributed by atoms with Gasteiger partial charge in [0, 0.05) is 11.6 Å². The molecule has 1 aromatic carbocycles. The number of carbonyl (C=O) groups excluding carboxylic acids is 1. The van der Waals surface area contributed by atoms with Crippen LogP contribution in [0, 0.1) is 0 Å². The summed E-state index contributed by atoms with van der Waals surface area (Å²) in [6, 6.07) is 12.0. The first kappa shape index (κ1) is 17.4. The van der Waals surface area contributed by atoms with Crippen molar-refractivity contribution in [2.45, 2.75) is 13.1 Å². The molecular weight excluding hydrogens is 342 g/mol. The Morgan fingerprint density at radius 1 is 1.08 bits per heavy atom. The van der Waals surface area contributed by atoms with Gasteiger partial charge in [-0.25, -0.2) is 0 Å². The number of halogens is 1. The van der Waals surface area contributed by atoms with Crippen molar-refractivity contribution in [3.05, 3.63) is 57.2 Å². The van der Waals surface area contributed by atoms with Gasteiger partial charge in [0.25, 0.3) is 5.91 Å². The Hall–Kier alpha value is -1.40. The van der Waals surface area contributed by atoms with E-state index in [1.807, 2.05) is 35.6 Å². The summed E-state index contributed by atoms with van der Waals surface area (Å²) in [5.74, 6) is 0.103. The smallest absolute Gasteiger partial charge is 0.275 e. The van der Waals surface area contributed by atoms with Gasteiger partial charge in [-0.1, -0.05) is 35.9 Å². The quantitative estimate of drug-likeness (QED) is 0.662. The van der Waals surface area contributed by atoms with Gasteiger partial charge >= 0.3 is 0 Å². The molecule has 0 radical (unpaired) electrons. The SMILES string of the molecule is O=C(C[NH+]1CC[NH+](Cc2cccs2)CC1)NCc1ccccc1Cl. The topological polar surface area (TPSA) is 38.0 Å². The monoisotopic (exact) mass is 365 g/mol. The van der Waals surface area contributed by atoms with Crippen LogP contribution in [0.25, 0.3) is 0 Å². The van der Waals surface area contributed by atoms with Crippen molar-refractivity contribution in [1.29, 1.82) is 0 Å². The van der Waals surface area contributed by atoms with Crippen LogP contribution in [-0.4, -0.2) is 38.6 Å². The van der Waals surface area contributed by atoms with Crippen LogP contribution in [0.2, 0.25) is 5.02 Å². The molecule has 1 fully saturated rings. The highest BCUT2D eigenvalue weighted by Crippen LogP contribution is 2.14. The summed E-state index contributed by atoms with van der Waals surface area (Å²) in [5.41, 5.74) is 0.965. The van der Waals surface area contributed by atoms with Crippen molar-refractivity contribution in [2.75, 3.05) is 32.7 Å². The van der Waals surface area contributed by atoms with Crippen molar-refractivity contribution >= 4 is 28.8 Å². The third-order valence-electron chi connectivity index (χ3n) is 4.51. The highest BCUT2D eigenvalue weighted by atomic mass is 35.5. The molecule has 2 heterocycles.